The van der Waals surface area contributed by atoms with E-state index in [0.717, 1.165) is 21.8 Å². The standard InChI is InChI=1S/C18H18N2O5S/c1-9(2)14(16(21)20-18(19)23)25-17(22)13-7-10-8-24-12-6-4-3-5-11(12)15(10)26-13/h3-7,9,14H,8H2,1-2H3,(H3,19,20,21,23)/t14-/m1/s1. The highest BCUT2D eigenvalue weighted by molar-refractivity contribution is 7.17. The minimum atomic E-state index is -1.11. The first kappa shape index (κ1) is 17.9. The molecule has 0 saturated heterocycles. The average molecular weight is 374 g/mol. The van der Waals surface area contributed by atoms with E-state index in [-0.39, 0.29) is 5.92 Å². The summed E-state index contributed by atoms with van der Waals surface area (Å²) in [6.45, 7) is 3.79. The molecule has 0 bridgehead atoms. The van der Waals surface area contributed by atoms with E-state index in [1.54, 1.807) is 19.9 Å². The maximum atomic E-state index is 12.5. The second-order valence-electron chi connectivity index (χ2n) is 6.17. The molecular formula is C18H18N2O5S. The second kappa shape index (κ2) is 7.17. The Balaban J connectivity index is 1.82. The first-order valence-corrected chi connectivity index (χ1v) is 8.84. The number of primary amides is 1. The van der Waals surface area contributed by atoms with Crippen molar-refractivity contribution in [2.24, 2.45) is 11.7 Å². The molecule has 2 heterocycles. The molecule has 3 amide bonds. The summed E-state index contributed by atoms with van der Waals surface area (Å²) < 4.78 is 11.0. The van der Waals surface area contributed by atoms with Crippen LogP contribution in [0.3, 0.4) is 0 Å². The highest BCUT2D eigenvalue weighted by Gasteiger charge is 2.30. The highest BCUT2D eigenvalue weighted by Crippen LogP contribution is 2.42. The number of hydrogen-bond acceptors (Lipinski definition) is 6. The first-order valence-electron chi connectivity index (χ1n) is 8.03. The molecular weight excluding hydrogens is 356 g/mol. The first-order chi connectivity index (χ1) is 12.4. The number of thiophene rings is 1. The fraction of sp³-hybridized carbons (Fsp3) is 0.278. The number of amides is 3. The third-order valence-corrected chi connectivity index (χ3v) is 5.06. The van der Waals surface area contributed by atoms with Crippen molar-refractivity contribution < 1.29 is 23.9 Å². The molecule has 8 heteroatoms. The zero-order valence-corrected chi connectivity index (χ0v) is 15.1. The van der Waals surface area contributed by atoms with Gasteiger partial charge < -0.3 is 15.2 Å². The molecule has 136 valence electrons. The summed E-state index contributed by atoms with van der Waals surface area (Å²) in [7, 11) is 0. The number of ether oxygens (including phenoxy) is 2. The molecule has 7 nitrogen and oxygen atoms in total. The van der Waals surface area contributed by atoms with Crippen molar-refractivity contribution in [1.29, 1.82) is 0 Å². The number of nitrogens with one attached hydrogen (secondary N) is 1. The number of hydrogen-bond donors (Lipinski definition) is 2. The molecule has 0 aliphatic carbocycles. The summed E-state index contributed by atoms with van der Waals surface area (Å²) in [6, 6.07) is 8.31. The van der Waals surface area contributed by atoms with E-state index >= 15 is 0 Å². The normalized spacial score (nSPS) is 13.2. The quantitative estimate of drug-likeness (QED) is 0.800. The molecule has 3 rings (SSSR count). The van der Waals surface area contributed by atoms with Gasteiger partial charge in [-0.25, -0.2) is 9.59 Å². The van der Waals surface area contributed by atoms with Crippen molar-refractivity contribution in [2.75, 3.05) is 0 Å². The van der Waals surface area contributed by atoms with Crippen LogP contribution in [-0.4, -0.2) is 24.0 Å². The number of para-hydroxylation sites is 1. The van der Waals surface area contributed by atoms with E-state index in [4.69, 9.17) is 15.2 Å². The average Bonchev–Trinajstić information content (AvgIpc) is 3.03. The lowest BCUT2D eigenvalue weighted by Crippen LogP contribution is -2.45. The van der Waals surface area contributed by atoms with Gasteiger partial charge in [0, 0.05) is 16.0 Å². The van der Waals surface area contributed by atoms with Gasteiger partial charge in [0.2, 0.25) is 0 Å². The number of nitrogens with two attached hydrogens (primary N) is 1. The van der Waals surface area contributed by atoms with Crippen molar-refractivity contribution in [2.45, 2.75) is 26.6 Å². The van der Waals surface area contributed by atoms with E-state index in [0.29, 0.717) is 11.5 Å². The van der Waals surface area contributed by atoms with E-state index < -0.39 is 24.0 Å². The maximum Gasteiger partial charge on any atom is 0.349 e. The fourth-order valence-electron chi connectivity index (χ4n) is 2.66. The Morgan fingerprint density at radius 2 is 2.00 bits per heavy atom. The van der Waals surface area contributed by atoms with Gasteiger partial charge >= 0.3 is 12.0 Å². The Bertz CT molecular complexity index is 874. The molecule has 0 fully saturated rings. The number of benzene rings is 1. The Hall–Kier alpha value is -2.87. The minimum Gasteiger partial charge on any atom is -0.488 e. The number of carbonyl (C=O) groups excluding carboxylic acids is 3. The maximum absolute atomic E-state index is 12.5. The number of urea groups is 1. The number of fused-ring (bicyclic) bond motifs is 3. The molecule has 2 aromatic rings. The second-order valence-corrected chi connectivity index (χ2v) is 7.23. The molecule has 26 heavy (non-hydrogen) atoms. The van der Waals surface area contributed by atoms with E-state index in [1.165, 1.54) is 11.3 Å². The van der Waals surface area contributed by atoms with E-state index in [2.05, 4.69) is 0 Å². The van der Waals surface area contributed by atoms with Crippen LogP contribution >= 0.6 is 11.3 Å². The third-order valence-electron chi connectivity index (χ3n) is 3.87. The van der Waals surface area contributed by atoms with Crippen molar-refractivity contribution in [3.05, 3.63) is 40.8 Å². The van der Waals surface area contributed by atoms with Crippen molar-refractivity contribution in [1.82, 2.24) is 5.32 Å². The summed E-state index contributed by atoms with van der Waals surface area (Å²) in [5.74, 6) is -0.921. The molecule has 0 radical (unpaired) electrons. The number of imide groups is 1. The number of carbonyl (C=O) groups is 3. The van der Waals surface area contributed by atoms with Gasteiger partial charge in [-0.2, -0.15) is 0 Å². The van der Waals surface area contributed by atoms with Crippen LogP contribution in [0.4, 0.5) is 4.79 Å². The fourth-order valence-corrected chi connectivity index (χ4v) is 3.74. The molecule has 3 N–H and O–H groups in total. The Morgan fingerprint density at radius 3 is 2.69 bits per heavy atom. The van der Waals surface area contributed by atoms with Gasteiger partial charge in [0.25, 0.3) is 5.91 Å². The van der Waals surface area contributed by atoms with Gasteiger partial charge in [0.05, 0.1) is 0 Å². The number of rotatable bonds is 4. The van der Waals surface area contributed by atoms with Crippen LogP contribution in [0.5, 0.6) is 5.75 Å². The van der Waals surface area contributed by atoms with E-state index in [9.17, 15) is 14.4 Å². The van der Waals surface area contributed by atoms with Crippen LogP contribution in [0.2, 0.25) is 0 Å². The zero-order valence-electron chi connectivity index (χ0n) is 14.3. The Labute approximate surface area is 154 Å². The van der Waals surface area contributed by atoms with Crippen LogP contribution in [-0.2, 0) is 16.1 Å². The van der Waals surface area contributed by atoms with Gasteiger partial charge in [-0.05, 0) is 24.1 Å². The monoisotopic (exact) mass is 374 g/mol. The SMILES string of the molecule is CC(C)[C@@H](OC(=O)c1cc2c(s1)-c1ccccc1OC2)C(=O)NC(N)=O. The van der Waals surface area contributed by atoms with Crippen LogP contribution in [0.1, 0.15) is 29.1 Å². The van der Waals surface area contributed by atoms with E-state index in [1.807, 2.05) is 29.6 Å². The molecule has 1 aromatic heterocycles. The van der Waals surface area contributed by atoms with Gasteiger partial charge in [-0.1, -0.05) is 26.0 Å². The predicted molar refractivity (Wildman–Crippen MR) is 95.9 cm³/mol. The largest absolute Gasteiger partial charge is 0.488 e. The third kappa shape index (κ3) is 3.55. The molecule has 1 aromatic carbocycles. The number of esters is 1. The molecule has 0 saturated carbocycles. The van der Waals surface area contributed by atoms with Crippen LogP contribution in [0, 0.1) is 5.92 Å². The van der Waals surface area contributed by atoms with Crippen molar-refractivity contribution in [3.8, 4) is 16.2 Å². The Morgan fingerprint density at radius 1 is 1.27 bits per heavy atom. The zero-order chi connectivity index (χ0) is 18.8. The topological polar surface area (TPSA) is 108 Å². The lowest BCUT2D eigenvalue weighted by atomic mass is 10.1. The lowest BCUT2D eigenvalue weighted by molar-refractivity contribution is -0.130. The summed E-state index contributed by atoms with van der Waals surface area (Å²) >= 11 is 1.29. The van der Waals surface area contributed by atoms with Crippen molar-refractivity contribution in [3.63, 3.8) is 0 Å². The smallest absolute Gasteiger partial charge is 0.349 e. The molecule has 1 aliphatic heterocycles. The molecule has 1 aliphatic rings. The van der Waals surface area contributed by atoms with Crippen LogP contribution < -0.4 is 15.8 Å². The lowest BCUT2D eigenvalue weighted by Gasteiger charge is -2.19. The summed E-state index contributed by atoms with van der Waals surface area (Å²) in [6.07, 6.45) is -1.11. The summed E-state index contributed by atoms with van der Waals surface area (Å²) in [4.78, 5) is 36.7. The highest BCUT2D eigenvalue weighted by atomic mass is 32.1. The Kier molecular flexibility index (Phi) is 4.94. The van der Waals surface area contributed by atoms with Gasteiger partial charge in [-0.3, -0.25) is 10.1 Å². The molecule has 0 unspecified atom stereocenters. The van der Waals surface area contributed by atoms with Crippen LogP contribution in [0.25, 0.3) is 10.4 Å². The summed E-state index contributed by atoms with van der Waals surface area (Å²) in [5, 5.41) is 1.95. The molecule has 0 spiro atoms. The van der Waals surface area contributed by atoms with Gasteiger partial charge in [-0.15, -0.1) is 11.3 Å². The summed E-state index contributed by atoms with van der Waals surface area (Å²) in [5.41, 5.74) is 6.77. The molecule has 1 atom stereocenters. The minimum absolute atomic E-state index is 0.322. The van der Waals surface area contributed by atoms with Gasteiger partial charge in [0.15, 0.2) is 6.10 Å². The van der Waals surface area contributed by atoms with Crippen molar-refractivity contribution >= 4 is 29.2 Å². The predicted octanol–water partition coefficient (Wildman–Crippen LogP) is 2.68. The van der Waals surface area contributed by atoms with Gasteiger partial charge in [0.1, 0.15) is 17.2 Å². The van der Waals surface area contributed by atoms with Crippen LogP contribution in [0.15, 0.2) is 30.3 Å².